The molecule has 1 N–H and O–H groups in total. The minimum atomic E-state index is -0.417. The van der Waals surface area contributed by atoms with E-state index in [4.69, 9.17) is 11.6 Å². The normalized spacial score (nSPS) is 10.6. The van der Waals surface area contributed by atoms with E-state index in [0.717, 1.165) is 16.6 Å². The molecule has 0 spiro atoms. The molecule has 0 radical (unpaired) electrons. The highest BCUT2D eigenvalue weighted by Gasteiger charge is 2.12. The maximum Gasteiger partial charge on any atom is 0.354 e. The van der Waals surface area contributed by atoms with Gasteiger partial charge in [-0.1, -0.05) is 11.6 Å². The van der Waals surface area contributed by atoms with E-state index in [1.807, 2.05) is 6.92 Å². The van der Waals surface area contributed by atoms with E-state index < -0.39 is 5.97 Å². The number of carbonyl (C=O) groups is 1. The van der Waals surface area contributed by atoms with Crippen molar-refractivity contribution in [1.29, 1.82) is 0 Å². The van der Waals surface area contributed by atoms with E-state index in [1.165, 1.54) is 7.11 Å². The second kappa shape index (κ2) is 3.55. The third-order valence-corrected chi connectivity index (χ3v) is 2.67. The number of fused-ring (bicyclic) bond motifs is 1. The lowest BCUT2D eigenvalue weighted by Crippen LogP contribution is -2.00. The molecule has 0 aliphatic carbocycles. The number of hydrogen-bond acceptors (Lipinski definition) is 3. The van der Waals surface area contributed by atoms with Crippen LogP contribution in [0.5, 0.6) is 0 Å². The van der Waals surface area contributed by atoms with Gasteiger partial charge >= 0.3 is 5.97 Å². The molecule has 78 valence electrons. The Bertz CT molecular complexity index is 533. The second-order valence-corrected chi connectivity index (χ2v) is 3.54. The first-order chi connectivity index (χ1) is 7.13. The van der Waals surface area contributed by atoms with Crippen molar-refractivity contribution in [3.05, 3.63) is 28.7 Å². The maximum absolute atomic E-state index is 11.3. The Morgan fingerprint density at radius 3 is 3.00 bits per heavy atom. The summed E-state index contributed by atoms with van der Waals surface area (Å²) in [5, 5.41) is 1.34. The van der Waals surface area contributed by atoms with Crippen LogP contribution in [0.3, 0.4) is 0 Å². The fourth-order valence-electron chi connectivity index (χ4n) is 1.39. The molecule has 0 bridgehead atoms. The van der Waals surface area contributed by atoms with E-state index in [-0.39, 0.29) is 0 Å². The molecule has 15 heavy (non-hydrogen) atoms. The van der Waals surface area contributed by atoms with Crippen molar-refractivity contribution >= 4 is 28.5 Å². The molecule has 0 saturated heterocycles. The molecule has 2 aromatic rings. The van der Waals surface area contributed by atoms with Gasteiger partial charge in [0.15, 0.2) is 0 Å². The summed E-state index contributed by atoms with van der Waals surface area (Å²) in [6.45, 7) is 1.81. The largest absolute Gasteiger partial charge is 0.464 e. The van der Waals surface area contributed by atoms with Crippen molar-refractivity contribution < 1.29 is 9.53 Å². The monoisotopic (exact) mass is 224 g/mol. The average Bonchev–Trinajstić information content (AvgIpc) is 2.67. The Morgan fingerprint density at radius 1 is 1.60 bits per heavy atom. The maximum atomic E-state index is 11.3. The number of aromatic nitrogens is 2. The van der Waals surface area contributed by atoms with Crippen molar-refractivity contribution in [2.75, 3.05) is 7.11 Å². The number of hydrogen-bond donors (Lipinski definition) is 1. The highest BCUT2D eigenvalue weighted by atomic mass is 35.5. The van der Waals surface area contributed by atoms with Gasteiger partial charge in [0.2, 0.25) is 0 Å². The number of rotatable bonds is 1. The summed E-state index contributed by atoms with van der Waals surface area (Å²) in [4.78, 5) is 18.2. The minimum Gasteiger partial charge on any atom is -0.464 e. The zero-order chi connectivity index (χ0) is 11.0. The van der Waals surface area contributed by atoms with Crippen LogP contribution >= 0.6 is 11.6 Å². The lowest BCUT2D eigenvalue weighted by molar-refractivity contribution is 0.0595. The SMILES string of the molecule is COC(=O)c1cc2c(Cl)c(C)ncc2[nH]1. The highest BCUT2D eigenvalue weighted by Crippen LogP contribution is 2.25. The predicted molar refractivity (Wildman–Crippen MR) is 57.2 cm³/mol. The number of nitrogens with zero attached hydrogens (tertiary/aromatic N) is 1. The fraction of sp³-hybridized carbons (Fsp3) is 0.200. The Kier molecular flexibility index (Phi) is 2.36. The summed E-state index contributed by atoms with van der Waals surface area (Å²) in [7, 11) is 1.33. The standard InChI is InChI=1S/C10H9ClN2O2/c1-5-9(11)6-3-7(10(14)15-2)13-8(6)4-12-5/h3-4,13H,1-2H3. The lowest BCUT2D eigenvalue weighted by Gasteiger charge is -1.96. The number of esters is 1. The van der Waals surface area contributed by atoms with Crippen molar-refractivity contribution in [3.63, 3.8) is 0 Å². The van der Waals surface area contributed by atoms with Gasteiger partial charge in [0.1, 0.15) is 5.69 Å². The summed E-state index contributed by atoms with van der Waals surface area (Å²) in [5.41, 5.74) is 1.84. The quantitative estimate of drug-likeness (QED) is 0.757. The van der Waals surface area contributed by atoms with Crippen LogP contribution in [0.15, 0.2) is 12.3 Å². The van der Waals surface area contributed by atoms with Crippen LogP contribution in [-0.4, -0.2) is 23.0 Å². The molecular weight excluding hydrogens is 216 g/mol. The molecule has 0 aliphatic heterocycles. The highest BCUT2D eigenvalue weighted by molar-refractivity contribution is 6.36. The fourth-order valence-corrected chi connectivity index (χ4v) is 1.59. The van der Waals surface area contributed by atoms with Gasteiger partial charge < -0.3 is 9.72 Å². The lowest BCUT2D eigenvalue weighted by atomic mass is 10.2. The molecule has 0 atom stereocenters. The number of methoxy groups -OCH3 is 1. The van der Waals surface area contributed by atoms with Gasteiger partial charge in [-0.25, -0.2) is 4.79 Å². The molecule has 0 aliphatic rings. The van der Waals surface area contributed by atoms with Crippen molar-refractivity contribution in [3.8, 4) is 0 Å². The summed E-state index contributed by atoms with van der Waals surface area (Å²) in [6, 6.07) is 1.66. The van der Waals surface area contributed by atoms with Crippen molar-refractivity contribution in [2.24, 2.45) is 0 Å². The van der Waals surface area contributed by atoms with Crippen LogP contribution < -0.4 is 0 Å². The molecule has 2 heterocycles. The molecule has 0 unspecified atom stereocenters. The van der Waals surface area contributed by atoms with E-state index in [9.17, 15) is 4.79 Å². The first-order valence-electron chi connectivity index (χ1n) is 4.35. The molecule has 2 aromatic heterocycles. The van der Waals surface area contributed by atoms with Gasteiger partial charge in [-0.05, 0) is 13.0 Å². The van der Waals surface area contributed by atoms with Crippen molar-refractivity contribution in [2.45, 2.75) is 6.92 Å². The van der Waals surface area contributed by atoms with Crippen molar-refractivity contribution in [1.82, 2.24) is 9.97 Å². The Labute approximate surface area is 91.2 Å². The van der Waals surface area contributed by atoms with Crippen LogP contribution in [0.2, 0.25) is 5.02 Å². The summed E-state index contributed by atoms with van der Waals surface area (Å²) in [5.74, 6) is -0.417. The van der Waals surface area contributed by atoms with Crippen LogP contribution in [0.4, 0.5) is 0 Å². The van der Waals surface area contributed by atoms with Crippen LogP contribution in [0.25, 0.3) is 10.9 Å². The molecule has 2 rings (SSSR count). The smallest absolute Gasteiger partial charge is 0.354 e. The summed E-state index contributed by atoms with van der Waals surface area (Å²) < 4.78 is 4.60. The zero-order valence-corrected chi connectivity index (χ0v) is 9.05. The molecule has 4 nitrogen and oxygen atoms in total. The second-order valence-electron chi connectivity index (χ2n) is 3.16. The molecular formula is C10H9ClN2O2. The predicted octanol–water partition coefficient (Wildman–Crippen LogP) is 2.31. The van der Waals surface area contributed by atoms with E-state index in [2.05, 4.69) is 14.7 Å². The summed E-state index contributed by atoms with van der Waals surface area (Å²) >= 11 is 6.05. The number of nitrogens with one attached hydrogen (secondary N) is 1. The number of ether oxygens (including phenoxy) is 1. The van der Waals surface area contributed by atoms with Crippen LogP contribution in [0, 0.1) is 6.92 Å². The third-order valence-electron chi connectivity index (χ3n) is 2.19. The summed E-state index contributed by atoms with van der Waals surface area (Å²) in [6.07, 6.45) is 1.64. The van der Waals surface area contributed by atoms with Gasteiger partial charge in [-0.3, -0.25) is 4.98 Å². The molecule has 0 amide bonds. The number of carbonyl (C=O) groups excluding carboxylic acids is 1. The molecule has 0 aromatic carbocycles. The minimum absolute atomic E-state index is 0.377. The van der Waals surface area contributed by atoms with E-state index in [1.54, 1.807) is 12.3 Å². The average molecular weight is 225 g/mol. The topological polar surface area (TPSA) is 55.0 Å². The van der Waals surface area contributed by atoms with Gasteiger partial charge in [0.25, 0.3) is 0 Å². The van der Waals surface area contributed by atoms with Crippen LogP contribution in [0.1, 0.15) is 16.2 Å². The van der Waals surface area contributed by atoms with Gasteiger partial charge in [0, 0.05) is 5.39 Å². The first kappa shape index (κ1) is 9.98. The number of pyridine rings is 1. The number of aryl methyl sites for hydroxylation is 1. The molecule has 5 heteroatoms. The van der Waals surface area contributed by atoms with E-state index in [0.29, 0.717) is 10.7 Å². The first-order valence-corrected chi connectivity index (χ1v) is 4.73. The molecule has 0 saturated carbocycles. The number of halogens is 1. The zero-order valence-electron chi connectivity index (χ0n) is 8.30. The molecule has 0 fully saturated rings. The van der Waals surface area contributed by atoms with Gasteiger partial charge in [0.05, 0.1) is 29.5 Å². The Hall–Kier alpha value is -1.55. The number of aromatic amines is 1. The third kappa shape index (κ3) is 1.57. The Balaban J connectivity index is 2.66. The number of H-pyrrole nitrogens is 1. The van der Waals surface area contributed by atoms with Gasteiger partial charge in [-0.15, -0.1) is 0 Å². The van der Waals surface area contributed by atoms with Gasteiger partial charge in [-0.2, -0.15) is 0 Å². The van der Waals surface area contributed by atoms with E-state index >= 15 is 0 Å². The van der Waals surface area contributed by atoms with Crippen LogP contribution in [-0.2, 0) is 4.74 Å². The Morgan fingerprint density at radius 2 is 2.33 bits per heavy atom.